The van der Waals surface area contributed by atoms with Crippen molar-refractivity contribution in [3.05, 3.63) is 35.9 Å². The quantitative estimate of drug-likeness (QED) is 0.804. The summed E-state index contributed by atoms with van der Waals surface area (Å²) in [6.45, 7) is 2.65. The van der Waals surface area contributed by atoms with Crippen LogP contribution in [-0.2, 0) is 4.79 Å². The van der Waals surface area contributed by atoms with Crippen LogP contribution in [0.15, 0.2) is 30.3 Å². The lowest BCUT2D eigenvalue weighted by molar-refractivity contribution is -0.128. The van der Waals surface area contributed by atoms with Gasteiger partial charge in [0.05, 0.1) is 5.41 Å². The molecule has 0 saturated carbocycles. The fraction of sp³-hybridized carbons (Fsp3) is 0.462. The number of carbonyl (C=O) groups is 1. The van der Waals surface area contributed by atoms with Gasteiger partial charge in [-0.05, 0) is 12.0 Å². The summed E-state index contributed by atoms with van der Waals surface area (Å²) in [7, 11) is 0. The number of aliphatic hydroxyl groups is 1. The van der Waals surface area contributed by atoms with Gasteiger partial charge >= 0.3 is 0 Å². The first-order valence-corrected chi connectivity index (χ1v) is 5.62. The van der Waals surface area contributed by atoms with Crippen molar-refractivity contribution in [2.75, 3.05) is 13.2 Å². The van der Waals surface area contributed by atoms with Gasteiger partial charge in [-0.15, -0.1) is 0 Å². The number of hydrogen-bond acceptors (Lipinski definition) is 2. The van der Waals surface area contributed by atoms with Crippen LogP contribution in [0.2, 0.25) is 0 Å². The average Bonchev–Trinajstić information content (AvgIpc) is 2.58. The van der Waals surface area contributed by atoms with Crippen LogP contribution in [0.1, 0.15) is 24.8 Å². The van der Waals surface area contributed by atoms with Gasteiger partial charge in [-0.1, -0.05) is 37.3 Å². The summed E-state index contributed by atoms with van der Waals surface area (Å²) in [5.74, 6) is 0.212. The molecule has 0 spiro atoms. The predicted molar refractivity (Wildman–Crippen MR) is 62.0 cm³/mol. The van der Waals surface area contributed by atoms with E-state index in [1.165, 1.54) is 0 Å². The molecule has 1 aromatic carbocycles. The summed E-state index contributed by atoms with van der Waals surface area (Å²) in [6.07, 6.45) is 0.512. The van der Waals surface area contributed by atoms with Crippen molar-refractivity contribution in [3.63, 3.8) is 0 Å². The van der Waals surface area contributed by atoms with Crippen LogP contribution in [0.25, 0.3) is 0 Å². The second kappa shape index (κ2) is 4.26. The van der Waals surface area contributed by atoms with E-state index < -0.39 is 5.41 Å². The van der Waals surface area contributed by atoms with Gasteiger partial charge in [-0.3, -0.25) is 4.79 Å². The van der Waals surface area contributed by atoms with Crippen LogP contribution in [0.5, 0.6) is 0 Å². The maximum atomic E-state index is 11.8. The fourth-order valence-electron chi connectivity index (χ4n) is 2.47. The van der Waals surface area contributed by atoms with Crippen molar-refractivity contribution in [1.82, 2.24) is 5.32 Å². The molecule has 1 aromatic rings. The normalized spacial score (nSPS) is 29.1. The summed E-state index contributed by atoms with van der Waals surface area (Å²) >= 11 is 0. The van der Waals surface area contributed by atoms with Gasteiger partial charge in [-0.25, -0.2) is 0 Å². The maximum Gasteiger partial charge on any atom is 0.226 e. The minimum Gasteiger partial charge on any atom is -0.396 e. The molecule has 1 amide bonds. The van der Waals surface area contributed by atoms with Gasteiger partial charge in [0.25, 0.3) is 0 Å². The molecule has 0 unspecified atom stereocenters. The second-order valence-electron chi connectivity index (χ2n) is 4.56. The van der Waals surface area contributed by atoms with E-state index in [0.29, 0.717) is 13.0 Å². The number of nitrogens with one attached hydrogen (secondary N) is 1. The molecular weight excluding hydrogens is 202 g/mol. The smallest absolute Gasteiger partial charge is 0.226 e. The zero-order valence-electron chi connectivity index (χ0n) is 9.44. The van der Waals surface area contributed by atoms with Crippen molar-refractivity contribution < 1.29 is 9.90 Å². The Morgan fingerprint density at radius 2 is 2.12 bits per heavy atom. The standard InChI is InChI=1S/C13H17NO2/c1-13(7-8-15)11(9-14-12(13)16)10-5-3-2-4-6-10/h2-6,11,15H,7-9H2,1H3,(H,14,16)/t11-,13+/m0/s1. The summed E-state index contributed by atoms with van der Waals surface area (Å²) in [5.41, 5.74) is 0.688. The van der Waals surface area contributed by atoms with Crippen molar-refractivity contribution in [1.29, 1.82) is 0 Å². The molecule has 3 nitrogen and oxygen atoms in total. The van der Waals surface area contributed by atoms with Gasteiger partial charge in [0.1, 0.15) is 0 Å². The number of aliphatic hydroxyl groups excluding tert-OH is 1. The minimum absolute atomic E-state index is 0.0489. The van der Waals surface area contributed by atoms with E-state index in [9.17, 15) is 4.79 Å². The Morgan fingerprint density at radius 3 is 2.75 bits per heavy atom. The van der Waals surface area contributed by atoms with Gasteiger partial charge in [-0.2, -0.15) is 0 Å². The van der Waals surface area contributed by atoms with E-state index in [2.05, 4.69) is 5.32 Å². The molecule has 16 heavy (non-hydrogen) atoms. The van der Waals surface area contributed by atoms with E-state index in [1.807, 2.05) is 37.3 Å². The Labute approximate surface area is 95.5 Å². The number of benzene rings is 1. The maximum absolute atomic E-state index is 11.8. The van der Waals surface area contributed by atoms with Crippen LogP contribution in [0.4, 0.5) is 0 Å². The minimum atomic E-state index is -0.476. The lowest BCUT2D eigenvalue weighted by atomic mass is 9.73. The molecule has 86 valence electrons. The number of carbonyl (C=O) groups excluding carboxylic acids is 1. The summed E-state index contributed by atoms with van der Waals surface area (Å²) in [6, 6.07) is 10.0. The van der Waals surface area contributed by atoms with E-state index in [0.717, 1.165) is 5.56 Å². The lowest BCUT2D eigenvalue weighted by Crippen LogP contribution is -2.32. The molecule has 0 aromatic heterocycles. The van der Waals surface area contributed by atoms with Gasteiger partial charge in [0.2, 0.25) is 5.91 Å². The van der Waals surface area contributed by atoms with Gasteiger partial charge in [0.15, 0.2) is 0 Å². The molecule has 2 N–H and O–H groups in total. The molecule has 2 atom stereocenters. The summed E-state index contributed by atoms with van der Waals surface area (Å²) in [5, 5.41) is 12.0. The largest absolute Gasteiger partial charge is 0.396 e. The first-order chi connectivity index (χ1) is 7.68. The van der Waals surface area contributed by atoms with E-state index in [-0.39, 0.29) is 18.4 Å². The Hall–Kier alpha value is -1.35. The highest BCUT2D eigenvalue weighted by atomic mass is 16.3. The van der Waals surface area contributed by atoms with Crippen molar-refractivity contribution in [2.24, 2.45) is 5.41 Å². The average molecular weight is 219 g/mol. The molecule has 1 aliphatic heterocycles. The monoisotopic (exact) mass is 219 g/mol. The molecule has 1 aliphatic rings. The fourth-order valence-corrected chi connectivity index (χ4v) is 2.47. The number of hydrogen-bond donors (Lipinski definition) is 2. The van der Waals surface area contributed by atoms with Gasteiger partial charge in [0, 0.05) is 19.1 Å². The molecule has 0 bridgehead atoms. The van der Waals surface area contributed by atoms with Crippen LogP contribution >= 0.6 is 0 Å². The van der Waals surface area contributed by atoms with Crippen LogP contribution in [0, 0.1) is 5.41 Å². The molecule has 0 radical (unpaired) electrons. The molecule has 2 rings (SSSR count). The van der Waals surface area contributed by atoms with Crippen LogP contribution in [0.3, 0.4) is 0 Å². The summed E-state index contributed by atoms with van der Waals surface area (Å²) < 4.78 is 0. The molecule has 1 heterocycles. The van der Waals surface area contributed by atoms with E-state index in [4.69, 9.17) is 5.11 Å². The molecule has 1 saturated heterocycles. The SMILES string of the molecule is C[C@]1(CCO)C(=O)NC[C@H]1c1ccccc1. The van der Waals surface area contributed by atoms with Crippen molar-refractivity contribution >= 4 is 5.91 Å². The van der Waals surface area contributed by atoms with E-state index >= 15 is 0 Å². The molecule has 3 heteroatoms. The van der Waals surface area contributed by atoms with Crippen molar-refractivity contribution in [2.45, 2.75) is 19.3 Å². The molecule has 1 fully saturated rings. The first-order valence-electron chi connectivity index (χ1n) is 5.62. The zero-order chi connectivity index (χ0) is 11.6. The Balaban J connectivity index is 2.31. The third-order valence-corrected chi connectivity index (χ3v) is 3.59. The molecule has 0 aliphatic carbocycles. The summed E-state index contributed by atoms with van der Waals surface area (Å²) in [4.78, 5) is 11.8. The molecular formula is C13H17NO2. The Morgan fingerprint density at radius 1 is 1.44 bits per heavy atom. The van der Waals surface area contributed by atoms with Crippen molar-refractivity contribution in [3.8, 4) is 0 Å². The number of amides is 1. The van der Waals surface area contributed by atoms with Crippen LogP contribution in [-0.4, -0.2) is 24.2 Å². The van der Waals surface area contributed by atoms with E-state index in [1.54, 1.807) is 0 Å². The number of rotatable bonds is 3. The third kappa shape index (κ3) is 1.71. The first kappa shape index (κ1) is 11.1. The van der Waals surface area contributed by atoms with Gasteiger partial charge < -0.3 is 10.4 Å². The highest BCUT2D eigenvalue weighted by Crippen LogP contribution is 2.42. The Kier molecular flexibility index (Phi) is 2.97. The lowest BCUT2D eigenvalue weighted by Gasteiger charge is -2.27. The highest BCUT2D eigenvalue weighted by Gasteiger charge is 2.46. The topological polar surface area (TPSA) is 49.3 Å². The second-order valence-corrected chi connectivity index (χ2v) is 4.56. The Bertz CT molecular complexity index is 377. The highest BCUT2D eigenvalue weighted by molar-refractivity contribution is 5.86. The predicted octanol–water partition coefficient (Wildman–Crippen LogP) is 1.29. The van der Waals surface area contributed by atoms with Crippen LogP contribution < -0.4 is 5.32 Å². The third-order valence-electron chi connectivity index (χ3n) is 3.59. The zero-order valence-corrected chi connectivity index (χ0v) is 9.44.